The Morgan fingerprint density at radius 3 is 2.33 bits per heavy atom. The molecule has 0 bridgehead atoms. The van der Waals surface area contributed by atoms with E-state index in [9.17, 15) is 0 Å². The first-order chi connectivity index (χ1) is 4.16. The van der Waals surface area contributed by atoms with E-state index in [4.69, 9.17) is 11.0 Å². The van der Waals surface area contributed by atoms with Crippen molar-refractivity contribution in [2.75, 3.05) is 0 Å². The molecule has 2 nitrogen and oxygen atoms in total. The summed E-state index contributed by atoms with van der Waals surface area (Å²) >= 11 is 0. The van der Waals surface area contributed by atoms with Crippen LogP contribution in [0.3, 0.4) is 0 Å². The molecule has 0 heterocycles. The highest BCUT2D eigenvalue weighted by Crippen LogP contribution is 2.04. The van der Waals surface area contributed by atoms with Crippen LogP contribution in [0.15, 0.2) is 0 Å². The SMILES string of the molecule is C[C@@H](N)CC[C@@H](C)C#N. The molecule has 9 heavy (non-hydrogen) atoms. The van der Waals surface area contributed by atoms with Crippen LogP contribution < -0.4 is 5.73 Å². The topological polar surface area (TPSA) is 49.8 Å². The Hall–Kier alpha value is -0.550. The monoisotopic (exact) mass is 126 g/mol. The van der Waals surface area contributed by atoms with E-state index in [0.29, 0.717) is 0 Å². The lowest BCUT2D eigenvalue weighted by Crippen LogP contribution is -2.15. The molecule has 0 amide bonds. The predicted octanol–water partition coefficient (Wildman–Crippen LogP) is 1.27. The van der Waals surface area contributed by atoms with Gasteiger partial charge < -0.3 is 5.73 Å². The summed E-state index contributed by atoms with van der Waals surface area (Å²) < 4.78 is 0. The molecule has 0 rings (SSSR count). The number of rotatable bonds is 3. The average molecular weight is 126 g/mol. The van der Waals surface area contributed by atoms with Gasteiger partial charge in [-0.2, -0.15) is 5.26 Å². The summed E-state index contributed by atoms with van der Waals surface area (Å²) in [5, 5.41) is 8.36. The summed E-state index contributed by atoms with van der Waals surface area (Å²) in [7, 11) is 0. The zero-order valence-corrected chi connectivity index (χ0v) is 6.09. The fourth-order valence-corrected chi connectivity index (χ4v) is 0.577. The Labute approximate surface area is 56.7 Å². The molecule has 0 radical (unpaired) electrons. The Morgan fingerprint density at radius 1 is 1.44 bits per heavy atom. The second kappa shape index (κ2) is 4.34. The van der Waals surface area contributed by atoms with Gasteiger partial charge in [-0.3, -0.25) is 0 Å². The van der Waals surface area contributed by atoms with E-state index >= 15 is 0 Å². The second-order valence-corrected chi connectivity index (χ2v) is 2.58. The molecule has 2 atom stereocenters. The van der Waals surface area contributed by atoms with Crippen molar-refractivity contribution in [1.82, 2.24) is 0 Å². The van der Waals surface area contributed by atoms with Gasteiger partial charge in [-0.1, -0.05) is 0 Å². The van der Waals surface area contributed by atoms with E-state index in [1.165, 1.54) is 0 Å². The maximum atomic E-state index is 8.36. The van der Waals surface area contributed by atoms with Crippen LogP contribution in [-0.4, -0.2) is 6.04 Å². The molecule has 0 aliphatic carbocycles. The number of hydrogen-bond acceptors (Lipinski definition) is 2. The fraction of sp³-hybridized carbons (Fsp3) is 0.857. The van der Waals surface area contributed by atoms with Gasteiger partial charge >= 0.3 is 0 Å². The third kappa shape index (κ3) is 5.32. The smallest absolute Gasteiger partial charge is 0.0652 e. The van der Waals surface area contributed by atoms with Gasteiger partial charge in [0.25, 0.3) is 0 Å². The Kier molecular flexibility index (Phi) is 4.08. The minimum absolute atomic E-state index is 0.163. The van der Waals surface area contributed by atoms with Gasteiger partial charge in [0.05, 0.1) is 6.07 Å². The lowest BCUT2D eigenvalue weighted by atomic mass is 10.0. The van der Waals surface area contributed by atoms with Crippen molar-refractivity contribution >= 4 is 0 Å². The van der Waals surface area contributed by atoms with Crippen molar-refractivity contribution < 1.29 is 0 Å². The molecule has 0 aliphatic heterocycles. The molecule has 0 unspecified atom stereocenters. The number of nitrogens with two attached hydrogens (primary N) is 1. The fourth-order valence-electron chi connectivity index (χ4n) is 0.577. The quantitative estimate of drug-likeness (QED) is 0.619. The molecule has 2 heteroatoms. The zero-order valence-electron chi connectivity index (χ0n) is 6.09. The third-order valence-electron chi connectivity index (χ3n) is 1.28. The van der Waals surface area contributed by atoms with Crippen LogP contribution in [-0.2, 0) is 0 Å². The Balaban J connectivity index is 3.19. The predicted molar refractivity (Wildman–Crippen MR) is 37.7 cm³/mol. The lowest BCUT2D eigenvalue weighted by molar-refractivity contribution is 0.557. The average Bonchev–Trinajstić information content (AvgIpc) is 1.83. The number of nitrogens with zero attached hydrogens (tertiary/aromatic N) is 1. The molecule has 0 fully saturated rings. The summed E-state index contributed by atoms with van der Waals surface area (Å²) in [6, 6.07) is 2.40. The molecule has 0 aromatic heterocycles. The van der Waals surface area contributed by atoms with Gasteiger partial charge in [0.15, 0.2) is 0 Å². The third-order valence-corrected chi connectivity index (χ3v) is 1.28. The summed E-state index contributed by atoms with van der Waals surface area (Å²) in [4.78, 5) is 0. The van der Waals surface area contributed by atoms with Gasteiger partial charge in [-0.05, 0) is 26.7 Å². The molecule has 0 saturated heterocycles. The van der Waals surface area contributed by atoms with Crippen LogP contribution in [0.25, 0.3) is 0 Å². The zero-order chi connectivity index (χ0) is 7.28. The molecular weight excluding hydrogens is 112 g/mol. The van der Waals surface area contributed by atoms with Crippen molar-refractivity contribution in [2.24, 2.45) is 11.7 Å². The van der Waals surface area contributed by atoms with Crippen molar-refractivity contribution in [3.8, 4) is 6.07 Å². The molecule has 0 aromatic rings. The van der Waals surface area contributed by atoms with Gasteiger partial charge in [0, 0.05) is 12.0 Å². The molecule has 52 valence electrons. The standard InChI is InChI=1S/C7H14N2/c1-6(5-8)3-4-7(2)9/h6-7H,3-4,9H2,1-2H3/t6-,7-/m1/s1. The molecular formula is C7H14N2. The Morgan fingerprint density at radius 2 is 2.00 bits per heavy atom. The van der Waals surface area contributed by atoms with Crippen LogP contribution in [0.4, 0.5) is 0 Å². The molecule has 0 spiro atoms. The Bertz CT molecular complexity index is 102. The molecule has 0 aliphatic rings. The van der Waals surface area contributed by atoms with E-state index in [1.54, 1.807) is 0 Å². The van der Waals surface area contributed by atoms with Crippen LogP contribution in [0.5, 0.6) is 0 Å². The molecule has 2 N–H and O–H groups in total. The highest BCUT2D eigenvalue weighted by Gasteiger charge is 2.00. The van der Waals surface area contributed by atoms with Gasteiger partial charge in [0.1, 0.15) is 0 Å². The first-order valence-electron chi connectivity index (χ1n) is 3.32. The first kappa shape index (κ1) is 8.45. The van der Waals surface area contributed by atoms with Crippen molar-refractivity contribution in [1.29, 1.82) is 5.26 Å². The van der Waals surface area contributed by atoms with E-state index in [0.717, 1.165) is 12.8 Å². The van der Waals surface area contributed by atoms with Crippen molar-refractivity contribution in [3.05, 3.63) is 0 Å². The minimum atomic E-state index is 0.163. The maximum Gasteiger partial charge on any atom is 0.0652 e. The van der Waals surface area contributed by atoms with Crippen LogP contribution >= 0.6 is 0 Å². The van der Waals surface area contributed by atoms with Gasteiger partial charge in [-0.25, -0.2) is 0 Å². The van der Waals surface area contributed by atoms with E-state index < -0.39 is 0 Å². The largest absolute Gasteiger partial charge is 0.328 e. The summed E-state index contributed by atoms with van der Waals surface area (Å²) in [6.07, 6.45) is 1.88. The van der Waals surface area contributed by atoms with Crippen molar-refractivity contribution in [2.45, 2.75) is 32.7 Å². The summed E-state index contributed by atoms with van der Waals surface area (Å²) in [6.45, 7) is 3.88. The number of hydrogen-bond donors (Lipinski definition) is 1. The van der Waals surface area contributed by atoms with Crippen LogP contribution in [0, 0.1) is 17.2 Å². The second-order valence-electron chi connectivity index (χ2n) is 2.58. The van der Waals surface area contributed by atoms with Gasteiger partial charge in [-0.15, -0.1) is 0 Å². The van der Waals surface area contributed by atoms with Crippen LogP contribution in [0.1, 0.15) is 26.7 Å². The normalized spacial score (nSPS) is 16.2. The molecule has 0 aromatic carbocycles. The maximum absolute atomic E-state index is 8.36. The molecule has 0 saturated carbocycles. The van der Waals surface area contributed by atoms with Gasteiger partial charge in [0.2, 0.25) is 0 Å². The van der Waals surface area contributed by atoms with Crippen LogP contribution in [0.2, 0.25) is 0 Å². The first-order valence-corrected chi connectivity index (χ1v) is 3.32. The highest BCUT2D eigenvalue weighted by atomic mass is 14.6. The minimum Gasteiger partial charge on any atom is -0.328 e. The van der Waals surface area contributed by atoms with E-state index in [1.807, 2.05) is 13.8 Å². The summed E-state index contributed by atoms with van der Waals surface area (Å²) in [5.41, 5.74) is 5.49. The van der Waals surface area contributed by atoms with Crippen molar-refractivity contribution in [3.63, 3.8) is 0 Å². The lowest BCUT2D eigenvalue weighted by Gasteiger charge is -2.04. The number of nitriles is 1. The van der Waals surface area contributed by atoms with E-state index in [2.05, 4.69) is 6.07 Å². The highest BCUT2D eigenvalue weighted by molar-refractivity contribution is 4.78. The summed E-state index contributed by atoms with van der Waals surface area (Å²) in [5.74, 6) is 0.163. The van der Waals surface area contributed by atoms with E-state index in [-0.39, 0.29) is 12.0 Å².